The summed E-state index contributed by atoms with van der Waals surface area (Å²) in [6.45, 7) is 3.18. The zero-order chi connectivity index (χ0) is 18.4. The number of aliphatic imine (C=N–C) groups is 1. The van der Waals surface area contributed by atoms with E-state index in [9.17, 15) is 8.78 Å². The summed E-state index contributed by atoms with van der Waals surface area (Å²) in [6, 6.07) is 1.79. The van der Waals surface area contributed by atoms with Crippen LogP contribution in [0.25, 0.3) is 0 Å². The van der Waals surface area contributed by atoms with E-state index in [1.54, 1.807) is 18.5 Å². The van der Waals surface area contributed by atoms with Gasteiger partial charge < -0.3 is 15.1 Å². The molecule has 2 aromatic rings. The number of nitrogens with zero attached hydrogens (tertiary/aromatic N) is 7. The van der Waals surface area contributed by atoms with Crippen molar-refractivity contribution in [3.63, 3.8) is 0 Å². The Morgan fingerprint density at radius 3 is 2.54 bits per heavy atom. The van der Waals surface area contributed by atoms with Gasteiger partial charge in [0.2, 0.25) is 5.95 Å². The number of alkyl halides is 2. The first-order valence-corrected chi connectivity index (χ1v) is 8.54. The molecular weight excluding hydrogens is 342 g/mol. The third kappa shape index (κ3) is 4.24. The van der Waals surface area contributed by atoms with E-state index in [4.69, 9.17) is 0 Å². The third-order valence-electron chi connectivity index (χ3n) is 4.08. The first-order chi connectivity index (χ1) is 12.7. The molecule has 26 heavy (non-hydrogen) atoms. The largest absolute Gasteiger partial charge is 0.357 e. The van der Waals surface area contributed by atoms with Gasteiger partial charge in [0.25, 0.3) is 0 Å². The summed E-state index contributed by atoms with van der Waals surface area (Å²) in [4.78, 5) is 21.2. The predicted octanol–water partition coefficient (Wildman–Crippen LogP) is 1.36. The highest BCUT2D eigenvalue weighted by atomic mass is 19.3. The minimum Gasteiger partial charge on any atom is -0.357 e. The molecule has 1 saturated heterocycles. The molecule has 0 amide bonds. The lowest BCUT2D eigenvalue weighted by Gasteiger charge is -2.36. The monoisotopic (exact) mass is 364 g/mol. The number of hydrogen-bond acceptors (Lipinski definition) is 5. The number of aromatic nitrogens is 4. The highest BCUT2D eigenvalue weighted by Crippen LogP contribution is 2.14. The number of imidazole rings is 1. The summed E-state index contributed by atoms with van der Waals surface area (Å²) in [5, 5.41) is 3.22. The number of piperazine rings is 1. The molecule has 1 aliphatic rings. The molecule has 2 aromatic heterocycles. The maximum absolute atomic E-state index is 12.9. The fourth-order valence-corrected chi connectivity index (χ4v) is 2.79. The second kappa shape index (κ2) is 8.54. The summed E-state index contributed by atoms with van der Waals surface area (Å²) in [5.74, 6) is 1.66. The van der Waals surface area contributed by atoms with Crippen LogP contribution in [-0.2, 0) is 6.54 Å². The summed E-state index contributed by atoms with van der Waals surface area (Å²) >= 11 is 0. The molecule has 1 aliphatic heterocycles. The normalized spacial score (nSPS) is 15.6. The maximum atomic E-state index is 12.9. The van der Waals surface area contributed by atoms with Crippen LogP contribution < -0.4 is 10.2 Å². The molecule has 3 heterocycles. The zero-order valence-electron chi connectivity index (χ0n) is 14.6. The second-order valence-electron chi connectivity index (χ2n) is 5.72. The lowest BCUT2D eigenvalue weighted by Crippen LogP contribution is -2.53. The van der Waals surface area contributed by atoms with Crippen LogP contribution in [0.4, 0.5) is 14.7 Å². The topological polar surface area (TPSA) is 74.5 Å². The van der Waals surface area contributed by atoms with Gasteiger partial charge in [0.05, 0.1) is 0 Å². The van der Waals surface area contributed by atoms with Crippen LogP contribution in [-0.4, -0.2) is 63.1 Å². The Morgan fingerprint density at radius 2 is 1.88 bits per heavy atom. The summed E-state index contributed by atoms with van der Waals surface area (Å²) in [6.07, 6.45) is 6.08. The SMILES string of the molecule is CCNC(=NCc1nccn1C(F)F)N1CCN(c2ncccn2)CC1. The molecule has 8 nitrogen and oxygen atoms in total. The van der Waals surface area contributed by atoms with Gasteiger partial charge in [-0.1, -0.05) is 0 Å². The van der Waals surface area contributed by atoms with Crippen LogP contribution in [0.3, 0.4) is 0 Å². The molecule has 10 heteroatoms. The van der Waals surface area contributed by atoms with E-state index < -0.39 is 6.55 Å². The average Bonchev–Trinajstić information content (AvgIpc) is 3.15. The second-order valence-corrected chi connectivity index (χ2v) is 5.72. The lowest BCUT2D eigenvalue weighted by atomic mass is 10.3. The van der Waals surface area contributed by atoms with Crippen LogP contribution in [0.1, 0.15) is 19.3 Å². The van der Waals surface area contributed by atoms with E-state index in [-0.39, 0.29) is 12.4 Å². The van der Waals surface area contributed by atoms with Crippen molar-refractivity contribution in [3.05, 3.63) is 36.7 Å². The standard InChI is InChI=1S/C16H22F2N8/c1-2-19-15(23-12-13-20-6-7-26(13)14(17)18)24-8-10-25(11-9-24)16-21-4-3-5-22-16/h3-7,14H,2,8-12H2,1H3,(H,19,23). The van der Waals surface area contributed by atoms with E-state index in [2.05, 4.69) is 35.1 Å². The maximum Gasteiger partial charge on any atom is 0.319 e. The van der Waals surface area contributed by atoms with E-state index in [0.717, 1.165) is 30.7 Å². The van der Waals surface area contributed by atoms with Gasteiger partial charge in [0, 0.05) is 57.5 Å². The third-order valence-corrected chi connectivity index (χ3v) is 4.08. The number of hydrogen-bond donors (Lipinski definition) is 1. The van der Waals surface area contributed by atoms with Gasteiger partial charge in [-0.15, -0.1) is 0 Å². The van der Waals surface area contributed by atoms with Crippen molar-refractivity contribution in [3.8, 4) is 0 Å². The van der Waals surface area contributed by atoms with Gasteiger partial charge in [0.15, 0.2) is 5.96 Å². The number of nitrogens with one attached hydrogen (secondary N) is 1. The van der Waals surface area contributed by atoms with Crippen molar-refractivity contribution < 1.29 is 8.78 Å². The fraction of sp³-hybridized carbons (Fsp3) is 0.500. The zero-order valence-corrected chi connectivity index (χ0v) is 14.6. The first-order valence-electron chi connectivity index (χ1n) is 8.54. The fourth-order valence-electron chi connectivity index (χ4n) is 2.79. The molecule has 3 rings (SSSR count). The van der Waals surface area contributed by atoms with Gasteiger partial charge in [-0.05, 0) is 13.0 Å². The van der Waals surface area contributed by atoms with Crippen LogP contribution in [0.2, 0.25) is 0 Å². The van der Waals surface area contributed by atoms with Crippen LogP contribution >= 0.6 is 0 Å². The quantitative estimate of drug-likeness (QED) is 0.638. The molecule has 140 valence electrons. The molecule has 0 aliphatic carbocycles. The number of anilines is 1. The van der Waals surface area contributed by atoms with Gasteiger partial charge in [0.1, 0.15) is 12.4 Å². The molecule has 1 N–H and O–H groups in total. The molecule has 0 bridgehead atoms. The molecule has 0 atom stereocenters. The molecule has 0 saturated carbocycles. The van der Waals surface area contributed by atoms with Crippen molar-refractivity contribution in [2.24, 2.45) is 4.99 Å². The summed E-state index contributed by atoms with van der Waals surface area (Å²) in [5.41, 5.74) is 0. The van der Waals surface area contributed by atoms with Crippen molar-refractivity contribution >= 4 is 11.9 Å². The van der Waals surface area contributed by atoms with E-state index in [0.29, 0.717) is 18.5 Å². The van der Waals surface area contributed by atoms with Gasteiger partial charge in [-0.3, -0.25) is 4.57 Å². The Labute approximate surface area is 150 Å². The highest BCUT2D eigenvalue weighted by molar-refractivity contribution is 5.80. The Kier molecular flexibility index (Phi) is 5.92. The molecular formula is C16H22F2N8. The highest BCUT2D eigenvalue weighted by Gasteiger charge is 2.21. The minimum absolute atomic E-state index is 0.0989. The van der Waals surface area contributed by atoms with Crippen LogP contribution in [0.5, 0.6) is 0 Å². The van der Waals surface area contributed by atoms with Crippen LogP contribution in [0.15, 0.2) is 35.8 Å². The number of rotatable bonds is 5. The number of guanidine groups is 1. The molecule has 0 spiro atoms. The smallest absolute Gasteiger partial charge is 0.319 e. The van der Waals surface area contributed by atoms with E-state index in [1.165, 1.54) is 12.4 Å². The average molecular weight is 364 g/mol. The summed E-state index contributed by atoms with van der Waals surface area (Å²) < 4.78 is 26.7. The van der Waals surface area contributed by atoms with Crippen molar-refractivity contribution in [1.82, 2.24) is 29.7 Å². The minimum atomic E-state index is -2.61. The van der Waals surface area contributed by atoms with Gasteiger partial charge >= 0.3 is 6.55 Å². The Hall–Kier alpha value is -2.78. The Bertz CT molecular complexity index is 710. The molecule has 1 fully saturated rings. The first kappa shape index (κ1) is 18.0. The predicted molar refractivity (Wildman–Crippen MR) is 94.1 cm³/mol. The molecule has 0 aromatic carbocycles. The lowest BCUT2D eigenvalue weighted by molar-refractivity contribution is 0.0671. The van der Waals surface area contributed by atoms with Gasteiger partial charge in [-0.25, -0.2) is 19.9 Å². The van der Waals surface area contributed by atoms with Crippen molar-refractivity contribution in [2.45, 2.75) is 20.0 Å². The number of halogens is 2. The van der Waals surface area contributed by atoms with Crippen molar-refractivity contribution in [1.29, 1.82) is 0 Å². The molecule has 0 unspecified atom stereocenters. The summed E-state index contributed by atoms with van der Waals surface area (Å²) in [7, 11) is 0. The van der Waals surface area contributed by atoms with E-state index in [1.807, 2.05) is 6.92 Å². The molecule has 0 radical (unpaired) electrons. The van der Waals surface area contributed by atoms with Crippen molar-refractivity contribution in [2.75, 3.05) is 37.6 Å². The Balaban J connectivity index is 1.64. The van der Waals surface area contributed by atoms with Crippen LogP contribution in [0, 0.1) is 0 Å². The van der Waals surface area contributed by atoms with Gasteiger partial charge in [-0.2, -0.15) is 8.78 Å². The van der Waals surface area contributed by atoms with E-state index >= 15 is 0 Å². The Morgan fingerprint density at radius 1 is 1.15 bits per heavy atom.